The summed E-state index contributed by atoms with van der Waals surface area (Å²) in [6.45, 7) is 0. The van der Waals surface area contributed by atoms with Crippen molar-refractivity contribution in [2.45, 2.75) is 0 Å². The number of carbonyl (C=O) groups is 1. The van der Waals surface area contributed by atoms with Crippen LogP contribution >= 0.6 is 7.44 Å². The van der Waals surface area contributed by atoms with Gasteiger partial charge < -0.3 is 0 Å². The van der Waals surface area contributed by atoms with E-state index < -0.39 is 18.6 Å². The van der Waals surface area contributed by atoms with Crippen LogP contribution in [0.2, 0.25) is 0 Å². The third-order valence-electron chi connectivity index (χ3n) is 1.49. The molecule has 0 aliphatic heterocycles. The van der Waals surface area contributed by atoms with Gasteiger partial charge in [-0.05, 0) is 6.07 Å². The smallest absolute Gasteiger partial charge is 0.239 e. The summed E-state index contributed by atoms with van der Waals surface area (Å²) in [5, 5.41) is -0.398. The topological polar surface area (TPSA) is 86.2 Å². The second-order valence-electron chi connectivity index (χ2n) is 2.50. The van der Waals surface area contributed by atoms with Gasteiger partial charge in [0.05, 0.1) is 5.30 Å². The van der Waals surface area contributed by atoms with Crippen molar-refractivity contribution >= 4 is 19.0 Å². The second-order valence-corrected chi connectivity index (χ2v) is 4.37. The Morgan fingerprint density at radius 2 is 2.00 bits per heavy atom. The summed E-state index contributed by atoms with van der Waals surface area (Å²) >= 11 is 0. The Morgan fingerprint density at radius 3 is 2.38 bits per heavy atom. The standard InChI is InChI=1S/C7H8FN2O2P/c8-6-3-1-2-5(4-11)7(6)13(9,10)12/h1-4H,(H4,9,10,12). The Morgan fingerprint density at radius 1 is 1.38 bits per heavy atom. The van der Waals surface area contributed by atoms with Gasteiger partial charge in [-0.2, -0.15) is 0 Å². The van der Waals surface area contributed by atoms with E-state index in [1.54, 1.807) is 0 Å². The van der Waals surface area contributed by atoms with Crippen LogP contribution in [0, 0.1) is 5.82 Å². The van der Waals surface area contributed by atoms with E-state index in [9.17, 15) is 13.8 Å². The maximum Gasteiger partial charge on any atom is 0.239 e. The van der Waals surface area contributed by atoms with Crippen molar-refractivity contribution in [1.82, 2.24) is 0 Å². The van der Waals surface area contributed by atoms with Crippen LogP contribution in [0.25, 0.3) is 0 Å². The van der Waals surface area contributed by atoms with Crippen LogP contribution in [0.1, 0.15) is 10.4 Å². The molecule has 0 radical (unpaired) electrons. The monoisotopic (exact) mass is 202 g/mol. The summed E-state index contributed by atoms with van der Waals surface area (Å²) < 4.78 is 24.2. The molecular weight excluding hydrogens is 194 g/mol. The predicted octanol–water partition coefficient (Wildman–Crippen LogP) is 0.374. The van der Waals surface area contributed by atoms with E-state index in [2.05, 4.69) is 0 Å². The largest absolute Gasteiger partial charge is 0.298 e. The van der Waals surface area contributed by atoms with Crippen LogP contribution in [-0.4, -0.2) is 6.29 Å². The molecule has 0 atom stereocenters. The number of carbonyl (C=O) groups excluding carboxylic acids is 1. The zero-order valence-corrected chi connectivity index (χ0v) is 7.50. The molecule has 4 nitrogen and oxygen atoms in total. The fourth-order valence-corrected chi connectivity index (χ4v) is 1.94. The normalized spacial score (nSPS) is 11.3. The summed E-state index contributed by atoms with van der Waals surface area (Å²) in [4.78, 5) is 10.4. The molecule has 1 aromatic carbocycles. The molecule has 6 heteroatoms. The highest BCUT2D eigenvalue weighted by Crippen LogP contribution is 2.26. The van der Waals surface area contributed by atoms with Crippen LogP contribution < -0.4 is 16.3 Å². The first-order valence-electron chi connectivity index (χ1n) is 3.38. The minimum atomic E-state index is -3.72. The Balaban J connectivity index is 3.49. The Bertz CT molecular complexity index is 388. The van der Waals surface area contributed by atoms with E-state index in [1.165, 1.54) is 12.1 Å². The lowest BCUT2D eigenvalue weighted by Crippen LogP contribution is -2.25. The summed E-state index contributed by atoms with van der Waals surface area (Å²) in [7, 11) is -3.72. The van der Waals surface area contributed by atoms with Gasteiger partial charge in [-0.3, -0.25) is 20.4 Å². The van der Waals surface area contributed by atoms with E-state index in [-0.39, 0.29) is 5.56 Å². The Labute approximate surface area is 74.2 Å². The average molecular weight is 202 g/mol. The number of hydrogen-bond acceptors (Lipinski definition) is 2. The molecule has 0 aliphatic rings. The lowest BCUT2D eigenvalue weighted by molar-refractivity contribution is 0.112. The molecule has 0 saturated heterocycles. The SMILES string of the molecule is NP(N)(=O)c1c(F)cccc1C=O. The molecule has 70 valence electrons. The third-order valence-corrected chi connectivity index (χ3v) is 2.67. The predicted molar refractivity (Wildman–Crippen MR) is 47.4 cm³/mol. The van der Waals surface area contributed by atoms with Crippen molar-refractivity contribution in [3.63, 3.8) is 0 Å². The summed E-state index contributed by atoms with van der Waals surface area (Å²) in [6.07, 6.45) is 0.366. The first kappa shape index (κ1) is 10.1. The minimum absolute atomic E-state index is 0.0756. The molecule has 0 aromatic heterocycles. The van der Waals surface area contributed by atoms with Gasteiger partial charge in [0.25, 0.3) is 0 Å². The van der Waals surface area contributed by atoms with Gasteiger partial charge in [-0.15, -0.1) is 0 Å². The first-order chi connectivity index (χ1) is 5.96. The summed E-state index contributed by atoms with van der Waals surface area (Å²) in [6, 6.07) is 3.67. The molecule has 0 fully saturated rings. The van der Waals surface area contributed by atoms with Crippen LogP contribution in [0.5, 0.6) is 0 Å². The van der Waals surface area contributed by atoms with Gasteiger partial charge in [0, 0.05) is 5.56 Å². The second kappa shape index (κ2) is 3.38. The maximum atomic E-state index is 13.0. The number of hydrogen-bond donors (Lipinski definition) is 2. The van der Waals surface area contributed by atoms with Crippen molar-refractivity contribution < 1.29 is 13.8 Å². The van der Waals surface area contributed by atoms with Crippen molar-refractivity contribution in [2.75, 3.05) is 0 Å². The van der Waals surface area contributed by atoms with Gasteiger partial charge in [0.2, 0.25) is 7.44 Å². The number of halogens is 1. The van der Waals surface area contributed by atoms with E-state index >= 15 is 0 Å². The van der Waals surface area contributed by atoms with Crippen LogP contribution in [0.4, 0.5) is 4.39 Å². The first-order valence-corrected chi connectivity index (χ1v) is 5.23. The molecule has 1 aromatic rings. The molecule has 0 unspecified atom stereocenters. The van der Waals surface area contributed by atoms with E-state index in [1.807, 2.05) is 0 Å². The highest BCUT2D eigenvalue weighted by Gasteiger charge is 2.21. The lowest BCUT2D eigenvalue weighted by atomic mass is 10.2. The zero-order valence-electron chi connectivity index (χ0n) is 6.61. The van der Waals surface area contributed by atoms with Crippen molar-refractivity contribution in [3.8, 4) is 0 Å². The molecular formula is C7H8FN2O2P. The molecule has 0 spiro atoms. The van der Waals surface area contributed by atoms with Crippen molar-refractivity contribution in [1.29, 1.82) is 0 Å². The summed E-state index contributed by atoms with van der Waals surface area (Å²) in [5.74, 6) is -0.821. The fourth-order valence-electron chi connectivity index (χ4n) is 0.996. The van der Waals surface area contributed by atoms with Crippen molar-refractivity contribution in [3.05, 3.63) is 29.6 Å². The fraction of sp³-hybridized carbons (Fsp3) is 0. The zero-order chi connectivity index (χ0) is 10.1. The molecule has 0 saturated carbocycles. The van der Waals surface area contributed by atoms with Crippen LogP contribution in [0.15, 0.2) is 18.2 Å². The highest BCUT2D eigenvalue weighted by molar-refractivity contribution is 7.67. The minimum Gasteiger partial charge on any atom is -0.298 e. The lowest BCUT2D eigenvalue weighted by Gasteiger charge is -2.09. The molecule has 0 heterocycles. The Hall–Kier alpha value is -1.03. The average Bonchev–Trinajstić information content (AvgIpc) is 2.01. The maximum absolute atomic E-state index is 13.0. The molecule has 0 bridgehead atoms. The number of rotatable bonds is 2. The number of aldehydes is 1. The quantitative estimate of drug-likeness (QED) is 0.536. The van der Waals surface area contributed by atoms with E-state index in [4.69, 9.17) is 11.0 Å². The third kappa shape index (κ3) is 2.01. The van der Waals surface area contributed by atoms with Crippen LogP contribution in [-0.2, 0) is 4.57 Å². The molecule has 1 rings (SSSR count). The molecule has 4 N–H and O–H groups in total. The van der Waals surface area contributed by atoms with E-state index in [0.717, 1.165) is 6.07 Å². The highest BCUT2D eigenvalue weighted by atomic mass is 31.2. The van der Waals surface area contributed by atoms with Gasteiger partial charge in [0.15, 0.2) is 6.29 Å². The van der Waals surface area contributed by atoms with Gasteiger partial charge in [0.1, 0.15) is 5.82 Å². The molecule has 13 heavy (non-hydrogen) atoms. The van der Waals surface area contributed by atoms with E-state index in [0.29, 0.717) is 6.29 Å². The van der Waals surface area contributed by atoms with Gasteiger partial charge >= 0.3 is 0 Å². The molecule has 0 aliphatic carbocycles. The van der Waals surface area contributed by atoms with Crippen molar-refractivity contribution in [2.24, 2.45) is 11.0 Å². The van der Waals surface area contributed by atoms with Gasteiger partial charge in [-0.25, -0.2) is 4.39 Å². The Kier molecular flexibility index (Phi) is 2.61. The van der Waals surface area contributed by atoms with Crippen LogP contribution in [0.3, 0.4) is 0 Å². The number of benzene rings is 1. The molecule has 0 amide bonds. The van der Waals surface area contributed by atoms with Gasteiger partial charge in [-0.1, -0.05) is 12.1 Å². The number of nitrogens with two attached hydrogens (primary N) is 2. The summed E-state index contributed by atoms with van der Waals surface area (Å²) in [5.41, 5.74) is 10.1.